The minimum absolute atomic E-state index is 0.183. The summed E-state index contributed by atoms with van der Waals surface area (Å²) in [7, 11) is 1.60. The van der Waals surface area contributed by atoms with E-state index in [0.717, 1.165) is 16.9 Å². The number of ether oxygens (including phenoxy) is 2. The summed E-state index contributed by atoms with van der Waals surface area (Å²) in [5, 5.41) is 0. The number of carbonyl (C=O) groups is 2. The molecule has 1 atom stereocenters. The topological polar surface area (TPSA) is 52.6 Å². The monoisotopic (exact) mass is 220 g/mol. The highest BCUT2D eigenvalue weighted by Gasteiger charge is 2.30. The second-order valence-corrected chi connectivity index (χ2v) is 3.74. The lowest BCUT2D eigenvalue weighted by atomic mass is 10.1. The Labute approximate surface area is 93.2 Å². The van der Waals surface area contributed by atoms with Gasteiger partial charge in [0.2, 0.25) is 0 Å². The Balaban J connectivity index is 2.20. The number of rotatable bonds is 3. The van der Waals surface area contributed by atoms with E-state index < -0.39 is 5.97 Å². The smallest absolute Gasteiger partial charge is 0.317 e. The van der Waals surface area contributed by atoms with E-state index in [-0.39, 0.29) is 12.4 Å². The van der Waals surface area contributed by atoms with E-state index in [4.69, 9.17) is 4.74 Å². The van der Waals surface area contributed by atoms with Crippen LogP contribution in [-0.2, 0) is 27.2 Å². The van der Waals surface area contributed by atoms with Gasteiger partial charge < -0.3 is 9.47 Å². The lowest BCUT2D eigenvalue weighted by Gasteiger charge is -2.06. The maximum absolute atomic E-state index is 11.4. The van der Waals surface area contributed by atoms with Gasteiger partial charge in [-0.05, 0) is 30.0 Å². The van der Waals surface area contributed by atoms with Gasteiger partial charge >= 0.3 is 12.4 Å². The molecule has 0 fully saturated rings. The van der Waals surface area contributed by atoms with Crippen molar-refractivity contribution in [1.29, 1.82) is 0 Å². The van der Waals surface area contributed by atoms with Gasteiger partial charge in [-0.15, -0.1) is 0 Å². The largest absolute Gasteiger partial charge is 0.496 e. The van der Waals surface area contributed by atoms with Crippen LogP contribution in [0.1, 0.15) is 11.1 Å². The number of hydrogen-bond acceptors (Lipinski definition) is 4. The van der Waals surface area contributed by atoms with Gasteiger partial charge in [-0.25, -0.2) is 0 Å². The second-order valence-electron chi connectivity index (χ2n) is 3.74. The first kappa shape index (κ1) is 10.7. The molecule has 0 N–H and O–H groups in total. The molecule has 0 saturated carbocycles. The van der Waals surface area contributed by atoms with Crippen LogP contribution in [0.2, 0.25) is 0 Å². The molecule has 0 radical (unpaired) electrons. The minimum atomic E-state index is -0.465. The third-order valence-electron chi connectivity index (χ3n) is 2.86. The van der Waals surface area contributed by atoms with Crippen LogP contribution in [0.25, 0.3) is 0 Å². The van der Waals surface area contributed by atoms with Crippen LogP contribution < -0.4 is 4.74 Å². The van der Waals surface area contributed by atoms with E-state index in [1.54, 1.807) is 7.11 Å². The molecule has 0 amide bonds. The molecule has 0 heterocycles. The first-order valence-electron chi connectivity index (χ1n) is 5.05. The van der Waals surface area contributed by atoms with Gasteiger partial charge in [-0.3, -0.25) is 9.59 Å². The molecule has 1 aromatic carbocycles. The number of esters is 1. The molecule has 0 bridgehead atoms. The van der Waals surface area contributed by atoms with Crippen molar-refractivity contribution in [3.8, 4) is 5.75 Å². The van der Waals surface area contributed by atoms with Crippen molar-refractivity contribution in [2.75, 3.05) is 7.11 Å². The number of methoxy groups -OCH3 is 1. The van der Waals surface area contributed by atoms with E-state index in [9.17, 15) is 9.59 Å². The molecule has 1 aromatic rings. The van der Waals surface area contributed by atoms with Crippen LogP contribution >= 0.6 is 0 Å². The zero-order chi connectivity index (χ0) is 11.5. The zero-order valence-electron chi connectivity index (χ0n) is 8.93. The molecule has 0 aromatic heterocycles. The van der Waals surface area contributed by atoms with Crippen molar-refractivity contribution in [1.82, 2.24) is 0 Å². The first-order chi connectivity index (χ1) is 7.76. The van der Waals surface area contributed by atoms with Crippen molar-refractivity contribution in [3.05, 3.63) is 29.3 Å². The van der Waals surface area contributed by atoms with Crippen LogP contribution in [0, 0.1) is 5.92 Å². The van der Waals surface area contributed by atoms with Crippen LogP contribution in [0.4, 0.5) is 0 Å². The Morgan fingerprint density at radius 1 is 1.44 bits per heavy atom. The minimum Gasteiger partial charge on any atom is -0.496 e. The average Bonchev–Trinajstić information content (AvgIpc) is 2.72. The molecule has 1 aliphatic carbocycles. The van der Waals surface area contributed by atoms with Crippen molar-refractivity contribution in [3.63, 3.8) is 0 Å². The lowest BCUT2D eigenvalue weighted by Crippen LogP contribution is -2.17. The summed E-state index contributed by atoms with van der Waals surface area (Å²) in [6.45, 7) is 0.183. The van der Waals surface area contributed by atoms with Crippen molar-refractivity contribution < 1.29 is 19.1 Å². The molecule has 0 aliphatic heterocycles. The quantitative estimate of drug-likeness (QED) is 0.435. The molecule has 84 valence electrons. The molecule has 4 nitrogen and oxygen atoms in total. The van der Waals surface area contributed by atoms with Crippen molar-refractivity contribution in [2.24, 2.45) is 5.92 Å². The molecule has 2 rings (SSSR count). The van der Waals surface area contributed by atoms with Gasteiger partial charge in [0.1, 0.15) is 5.75 Å². The van der Waals surface area contributed by atoms with Gasteiger partial charge in [0.25, 0.3) is 0 Å². The Morgan fingerprint density at radius 2 is 2.25 bits per heavy atom. The highest BCUT2D eigenvalue weighted by atomic mass is 16.6. The highest BCUT2D eigenvalue weighted by molar-refractivity contribution is 5.80. The summed E-state index contributed by atoms with van der Waals surface area (Å²) < 4.78 is 9.59. The van der Waals surface area contributed by atoms with E-state index in [1.807, 2.05) is 18.2 Å². The SMILES string of the molecule is COc1cccc2c1CC(C(=O)OC=O)C2. The Bertz CT molecular complexity index is 425. The molecular weight excluding hydrogens is 208 g/mol. The van der Waals surface area contributed by atoms with Crippen molar-refractivity contribution >= 4 is 12.4 Å². The van der Waals surface area contributed by atoms with Gasteiger partial charge in [0, 0.05) is 0 Å². The van der Waals surface area contributed by atoms with E-state index >= 15 is 0 Å². The van der Waals surface area contributed by atoms with E-state index in [0.29, 0.717) is 12.8 Å². The predicted octanol–water partition coefficient (Wildman–Crippen LogP) is 1.11. The summed E-state index contributed by atoms with van der Waals surface area (Å²) in [4.78, 5) is 21.5. The molecule has 16 heavy (non-hydrogen) atoms. The summed E-state index contributed by atoms with van der Waals surface area (Å²) in [5.41, 5.74) is 2.13. The van der Waals surface area contributed by atoms with Crippen LogP contribution in [0.15, 0.2) is 18.2 Å². The number of benzene rings is 1. The summed E-state index contributed by atoms with van der Waals surface area (Å²) in [5.74, 6) is 0.0589. The number of carbonyl (C=O) groups excluding carboxylic acids is 2. The van der Waals surface area contributed by atoms with Gasteiger partial charge in [-0.2, -0.15) is 0 Å². The zero-order valence-corrected chi connectivity index (χ0v) is 8.93. The fraction of sp³-hybridized carbons (Fsp3) is 0.333. The molecule has 1 unspecified atom stereocenters. The number of fused-ring (bicyclic) bond motifs is 1. The standard InChI is InChI=1S/C12H12O4/c1-15-11-4-2-3-8-5-9(6-10(8)11)12(14)16-7-13/h2-4,7,9H,5-6H2,1H3. The fourth-order valence-electron chi connectivity index (χ4n) is 2.12. The summed E-state index contributed by atoms with van der Waals surface area (Å²) >= 11 is 0. The number of hydrogen-bond donors (Lipinski definition) is 0. The maximum Gasteiger partial charge on any atom is 0.317 e. The van der Waals surface area contributed by atoms with Crippen LogP contribution in [-0.4, -0.2) is 19.6 Å². The molecular formula is C12H12O4. The average molecular weight is 220 g/mol. The normalized spacial score (nSPS) is 17.7. The fourth-order valence-corrected chi connectivity index (χ4v) is 2.12. The summed E-state index contributed by atoms with van der Waals surface area (Å²) in [6, 6.07) is 5.73. The Morgan fingerprint density at radius 3 is 2.94 bits per heavy atom. The molecule has 0 saturated heterocycles. The van der Waals surface area contributed by atoms with E-state index in [1.165, 1.54) is 0 Å². The van der Waals surface area contributed by atoms with Crippen molar-refractivity contribution in [2.45, 2.75) is 12.8 Å². The third-order valence-corrected chi connectivity index (χ3v) is 2.86. The highest BCUT2D eigenvalue weighted by Crippen LogP contribution is 2.33. The second kappa shape index (κ2) is 4.35. The van der Waals surface area contributed by atoms with Gasteiger partial charge in [0.15, 0.2) is 0 Å². The van der Waals surface area contributed by atoms with Gasteiger partial charge in [-0.1, -0.05) is 12.1 Å². The Kier molecular flexibility index (Phi) is 2.90. The predicted molar refractivity (Wildman–Crippen MR) is 56.0 cm³/mol. The van der Waals surface area contributed by atoms with Crippen LogP contribution in [0.3, 0.4) is 0 Å². The lowest BCUT2D eigenvalue weighted by molar-refractivity contribution is -0.154. The van der Waals surface area contributed by atoms with Crippen LogP contribution in [0.5, 0.6) is 5.75 Å². The van der Waals surface area contributed by atoms with E-state index in [2.05, 4.69) is 4.74 Å². The molecule has 1 aliphatic rings. The molecule has 4 heteroatoms. The third kappa shape index (κ3) is 1.78. The van der Waals surface area contributed by atoms with Gasteiger partial charge in [0.05, 0.1) is 13.0 Å². The first-order valence-corrected chi connectivity index (χ1v) is 5.05. The molecule has 0 spiro atoms. The maximum atomic E-state index is 11.4. The Hall–Kier alpha value is -1.84. The summed E-state index contributed by atoms with van der Waals surface area (Å²) in [6.07, 6.45) is 1.19.